The summed E-state index contributed by atoms with van der Waals surface area (Å²) in [5.41, 5.74) is -0.673. The Morgan fingerprint density at radius 1 is 1.25 bits per heavy atom. The molecule has 1 heterocycles. The lowest BCUT2D eigenvalue weighted by atomic mass is 10.1. The maximum absolute atomic E-state index is 13.6. The quantitative estimate of drug-likeness (QED) is 0.894. The summed E-state index contributed by atoms with van der Waals surface area (Å²) < 4.78 is 61.9. The van der Waals surface area contributed by atoms with E-state index in [1.54, 1.807) is 0 Å². The zero-order valence-electron chi connectivity index (χ0n) is 10.1. The summed E-state index contributed by atoms with van der Waals surface area (Å²) in [5.74, 6) is -5.28. The molecule has 1 aromatic rings. The monoisotopic (exact) mass is 308 g/mol. The number of carbonyl (C=O) groups excluding carboxylic acids is 1. The first-order chi connectivity index (χ1) is 9.17. The van der Waals surface area contributed by atoms with Crippen molar-refractivity contribution in [2.24, 2.45) is 11.1 Å². The molecule has 1 aliphatic rings. The van der Waals surface area contributed by atoms with E-state index in [2.05, 4.69) is 0 Å². The van der Waals surface area contributed by atoms with E-state index in [9.17, 15) is 26.4 Å². The first-order valence-electron chi connectivity index (χ1n) is 5.63. The van der Waals surface area contributed by atoms with Gasteiger partial charge in [0.25, 0.3) is 0 Å². The van der Waals surface area contributed by atoms with Gasteiger partial charge in [-0.05, 0) is 0 Å². The van der Waals surface area contributed by atoms with Crippen molar-refractivity contribution < 1.29 is 26.4 Å². The molecule has 0 saturated carbocycles. The van der Waals surface area contributed by atoms with Gasteiger partial charge >= 0.3 is 0 Å². The van der Waals surface area contributed by atoms with Gasteiger partial charge in [-0.25, -0.2) is 26.7 Å². The first-order valence-corrected chi connectivity index (χ1v) is 7.34. The van der Waals surface area contributed by atoms with Crippen LogP contribution >= 0.6 is 0 Å². The predicted molar refractivity (Wildman–Crippen MR) is 64.8 cm³/mol. The van der Waals surface area contributed by atoms with E-state index in [0.717, 1.165) is 4.90 Å². The molecule has 0 aliphatic carbocycles. The topological polar surface area (TPSA) is 80.5 Å². The number of anilines is 1. The number of benzene rings is 1. The van der Waals surface area contributed by atoms with E-state index in [1.165, 1.54) is 0 Å². The molecular formula is C11H11F3N2O3S. The Labute approximate surface area is 113 Å². The van der Waals surface area contributed by atoms with Gasteiger partial charge in [-0.3, -0.25) is 4.79 Å². The second kappa shape index (κ2) is 5.06. The number of halogens is 3. The Balaban J connectivity index is 2.29. The maximum atomic E-state index is 13.6. The summed E-state index contributed by atoms with van der Waals surface area (Å²) in [4.78, 5) is 12.5. The minimum atomic E-state index is -3.79. The van der Waals surface area contributed by atoms with Gasteiger partial charge in [0.05, 0.1) is 5.75 Å². The highest BCUT2D eigenvalue weighted by molar-refractivity contribution is 7.89. The molecule has 0 bridgehead atoms. The molecule has 2 N–H and O–H groups in total. The Bertz CT molecular complexity index is 640. The van der Waals surface area contributed by atoms with Gasteiger partial charge in [0.15, 0.2) is 11.6 Å². The van der Waals surface area contributed by atoms with Crippen molar-refractivity contribution >= 4 is 21.6 Å². The molecule has 2 rings (SSSR count). The van der Waals surface area contributed by atoms with Crippen molar-refractivity contribution in [1.82, 2.24) is 0 Å². The highest BCUT2D eigenvalue weighted by Crippen LogP contribution is 2.30. The highest BCUT2D eigenvalue weighted by atomic mass is 32.2. The van der Waals surface area contributed by atoms with Crippen LogP contribution in [0.4, 0.5) is 18.9 Å². The first kappa shape index (κ1) is 14.8. The normalized spacial score (nSPS) is 19.7. The fraction of sp³-hybridized carbons (Fsp3) is 0.364. The summed E-state index contributed by atoms with van der Waals surface area (Å²) in [7, 11) is -3.79. The lowest BCUT2D eigenvalue weighted by Gasteiger charge is -2.18. The number of nitrogens with two attached hydrogens (primary N) is 1. The van der Waals surface area contributed by atoms with Crippen LogP contribution in [0.25, 0.3) is 0 Å². The Morgan fingerprint density at radius 2 is 1.80 bits per heavy atom. The molecule has 0 spiro atoms. The molecule has 20 heavy (non-hydrogen) atoms. The summed E-state index contributed by atoms with van der Waals surface area (Å²) in [6.45, 7) is -0.186. The second-order valence-corrected chi connectivity index (χ2v) is 6.28. The fourth-order valence-corrected chi connectivity index (χ4v) is 3.11. The van der Waals surface area contributed by atoms with Crippen LogP contribution in [0.2, 0.25) is 0 Å². The van der Waals surface area contributed by atoms with E-state index >= 15 is 0 Å². The van der Waals surface area contributed by atoms with Gasteiger partial charge in [-0.15, -0.1) is 0 Å². The molecule has 110 valence electrons. The second-order valence-electron chi connectivity index (χ2n) is 4.62. The van der Waals surface area contributed by atoms with Gasteiger partial charge in [-0.1, -0.05) is 0 Å². The van der Waals surface area contributed by atoms with E-state index < -0.39 is 50.7 Å². The van der Waals surface area contributed by atoms with Crippen molar-refractivity contribution in [1.29, 1.82) is 0 Å². The molecule has 9 heteroatoms. The number of hydrogen-bond donors (Lipinski definition) is 1. The van der Waals surface area contributed by atoms with Crippen LogP contribution in [0.1, 0.15) is 6.42 Å². The molecule has 1 atom stereocenters. The Kier molecular flexibility index (Phi) is 3.74. The van der Waals surface area contributed by atoms with Crippen molar-refractivity contribution in [3.63, 3.8) is 0 Å². The maximum Gasteiger partial charge on any atom is 0.227 e. The van der Waals surface area contributed by atoms with Crippen molar-refractivity contribution in [3.8, 4) is 0 Å². The zero-order chi connectivity index (χ0) is 15.1. The SMILES string of the molecule is NS(=O)(=O)CC1CC(=O)N(c2c(F)cc(F)cc2F)C1. The molecule has 1 saturated heterocycles. The van der Waals surface area contributed by atoms with Gasteiger partial charge in [0.2, 0.25) is 15.9 Å². The van der Waals surface area contributed by atoms with Gasteiger partial charge in [0.1, 0.15) is 11.5 Å². The number of rotatable bonds is 3. The van der Waals surface area contributed by atoms with Gasteiger partial charge in [0, 0.05) is 31.0 Å². The molecule has 1 amide bonds. The summed E-state index contributed by atoms with van der Waals surface area (Å²) in [5, 5.41) is 4.87. The van der Waals surface area contributed by atoms with Crippen LogP contribution in [0, 0.1) is 23.4 Å². The lowest BCUT2D eigenvalue weighted by Crippen LogP contribution is -2.29. The van der Waals surface area contributed by atoms with Crippen molar-refractivity contribution in [2.45, 2.75) is 6.42 Å². The number of amides is 1. The molecule has 5 nitrogen and oxygen atoms in total. The molecule has 0 radical (unpaired) electrons. The van der Waals surface area contributed by atoms with Gasteiger partial charge < -0.3 is 4.90 Å². The van der Waals surface area contributed by atoms with E-state index in [0.29, 0.717) is 12.1 Å². The minimum absolute atomic E-state index is 0.186. The lowest BCUT2D eigenvalue weighted by molar-refractivity contribution is -0.117. The average Bonchev–Trinajstić information content (AvgIpc) is 2.55. The van der Waals surface area contributed by atoms with Crippen LogP contribution in [-0.2, 0) is 14.8 Å². The highest BCUT2D eigenvalue weighted by Gasteiger charge is 2.35. The minimum Gasteiger partial charge on any atom is -0.307 e. The number of carbonyl (C=O) groups is 1. The smallest absolute Gasteiger partial charge is 0.227 e. The van der Waals surface area contributed by atoms with Crippen molar-refractivity contribution in [2.75, 3.05) is 17.2 Å². The Morgan fingerprint density at radius 3 is 2.30 bits per heavy atom. The van der Waals surface area contributed by atoms with E-state index in [4.69, 9.17) is 5.14 Å². The molecule has 0 aromatic heterocycles. The predicted octanol–water partition coefficient (Wildman–Crippen LogP) is 0.745. The van der Waals surface area contributed by atoms with Gasteiger partial charge in [-0.2, -0.15) is 0 Å². The third-order valence-electron chi connectivity index (χ3n) is 2.92. The van der Waals surface area contributed by atoms with Crippen LogP contribution in [0.5, 0.6) is 0 Å². The van der Waals surface area contributed by atoms with E-state index in [-0.39, 0.29) is 13.0 Å². The molecule has 1 aromatic carbocycles. The molecule has 1 aliphatic heterocycles. The average molecular weight is 308 g/mol. The Hall–Kier alpha value is -1.61. The standard InChI is InChI=1S/C11H11F3N2O3S/c12-7-2-8(13)11(9(14)3-7)16-4-6(1-10(16)17)5-20(15,18)19/h2-3,6H,1,4-5H2,(H2,15,18,19). The van der Waals surface area contributed by atoms with Crippen LogP contribution in [-0.4, -0.2) is 26.6 Å². The fourth-order valence-electron chi connectivity index (χ4n) is 2.23. The van der Waals surface area contributed by atoms with E-state index in [1.807, 2.05) is 0 Å². The molecule has 1 fully saturated rings. The summed E-state index contributed by atoms with van der Waals surface area (Å²) in [6, 6.07) is 0.914. The largest absolute Gasteiger partial charge is 0.307 e. The third-order valence-corrected chi connectivity index (χ3v) is 3.86. The zero-order valence-corrected chi connectivity index (χ0v) is 11.0. The number of sulfonamides is 1. The van der Waals surface area contributed by atoms with Crippen LogP contribution in [0.15, 0.2) is 12.1 Å². The summed E-state index contributed by atoms with van der Waals surface area (Å²) in [6.07, 6.45) is -0.188. The van der Waals surface area contributed by atoms with Crippen molar-refractivity contribution in [3.05, 3.63) is 29.6 Å². The number of hydrogen-bond acceptors (Lipinski definition) is 3. The molecule has 1 unspecified atom stereocenters. The van der Waals surface area contributed by atoms with Crippen LogP contribution < -0.4 is 10.0 Å². The van der Waals surface area contributed by atoms with Crippen LogP contribution in [0.3, 0.4) is 0 Å². The third kappa shape index (κ3) is 3.10. The number of nitrogens with zero attached hydrogens (tertiary/aromatic N) is 1. The molecular weight excluding hydrogens is 297 g/mol. The number of primary sulfonamides is 1. The summed E-state index contributed by atoms with van der Waals surface area (Å²) >= 11 is 0.